The van der Waals surface area contributed by atoms with Gasteiger partial charge in [-0.2, -0.15) is 10.5 Å². The monoisotopic (exact) mass is 345 g/mol. The Bertz CT molecular complexity index is 935. The molecule has 0 saturated heterocycles. The summed E-state index contributed by atoms with van der Waals surface area (Å²) < 4.78 is 13.2. The molecule has 1 aliphatic heterocycles. The van der Waals surface area contributed by atoms with E-state index < -0.39 is 11.2 Å². The minimum atomic E-state index is -1.29. The van der Waals surface area contributed by atoms with Gasteiger partial charge in [0.1, 0.15) is 5.82 Å². The van der Waals surface area contributed by atoms with Crippen LogP contribution in [0.25, 0.3) is 5.70 Å². The predicted octanol–water partition coefficient (Wildman–Crippen LogP) is 3.79. The van der Waals surface area contributed by atoms with Crippen molar-refractivity contribution in [2.75, 3.05) is 13.6 Å². The molecular formula is C21H16FN3O. The van der Waals surface area contributed by atoms with E-state index in [1.807, 2.05) is 30.3 Å². The average Bonchev–Trinajstić information content (AvgIpc) is 2.68. The third-order valence-corrected chi connectivity index (χ3v) is 4.51. The summed E-state index contributed by atoms with van der Waals surface area (Å²) in [4.78, 5) is 14.9. The lowest BCUT2D eigenvalue weighted by atomic mass is 9.77. The number of hydrogen-bond donors (Lipinski definition) is 0. The summed E-state index contributed by atoms with van der Waals surface area (Å²) in [6.45, 7) is 0.213. The van der Waals surface area contributed by atoms with Crippen molar-refractivity contribution in [1.82, 2.24) is 4.90 Å². The molecule has 0 N–H and O–H groups in total. The lowest BCUT2D eigenvalue weighted by Gasteiger charge is -2.36. The summed E-state index contributed by atoms with van der Waals surface area (Å²) >= 11 is 0. The Kier molecular flexibility index (Phi) is 4.56. The number of Topliss-reactive ketones (excluding diaryl/α,β-unsaturated/α-hetero) is 1. The molecule has 2 aromatic carbocycles. The first-order valence-corrected chi connectivity index (χ1v) is 8.12. The SMILES string of the molecule is CN1CC(C#N)(C#N)CC(C(=O)c2ccc(F)cc2)=C1c1ccccc1. The van der Waals surface area contributed by atoms with Crippen LogP contribution in [0.5, 0.6) is 0 Å². The molecule has 1 aliphatic rings. The molecular weight excluding hydrogens is 329 g/mol. The number of allylic oxidation sites excluding steroid dienone is 1. The van der Waals surface area contributed by atoms with E-state index in [9.17, 15) is 19.7 Å². The van der Waals surface area contributed by atoms with Crippen LogP contribution in [0.15, 0.2) is 60.2 Å². The van der Waals surface area contributed by atoms with Gasteiger partial charge in [0.15, 0.2) is 11.2 Å². The maximum absolute atomic E-state index is 13.2. The first-order valence-electron chi connectivity index (χ1n) is 8.12. The van der Waals surface area contributed by atoms with Crippen molar-refractivity contribution in [2.24, 2.45) is 5.41 Å². The molecule has 0 aromatic heterocycles. The van der Waals surface area contributed by atoms with Crippen LogP contribution in [0, 0.1) is 33.9 Å². The van der Waals surface area contributed by atoms with E-state index in [1.54, 1.807) is 11.9 Å². The first-order chi connectivity index (χ1) is 12.5. The summed E-state index contributed by atoms with van der Waals surface area (Å²) in [5, 5.41) is 19.1. The van der Waals surface area contributed by atoms with Gasteiger partial charge in [-0.15, -0.1) is 0 Å². The Hall–Kier alpha value is -3.44. The summed E-state index contributed by atoms with van der Waals surface area (Å²) in [5.74, 6) is -0.728. The Balaban J connectivity index is 2.18. The molecule has 3 rings (SSSR count). The van der Waals surface area contributed by atoms with Gasteiger partial charge in [0.05, 0.1) is 17.8 Å². The largest absolute Gasteiger partial charge is 0.371 e. The second-order valence-electron chi connectivity index (χ2n) is 6.37. The van der Waals surface area contributed by atoms with Crippen LogP contribution in [0.2, 0.25) is 0 Å². The van der Waals surface area contributed by atoms with Gasteiger partial charge in [-0.3, -0.25) is 4.79 Å². The maximum Gasteiger partial charge on any atom is 0.191 e. The normalized spacial score (nSPS) is 15.9. The van der Waals surface area contributed by atoms with E-state index in [0.29, 0.717) is 16.8 Å². The molecule has 0 amide bonds. The molecule has 0 radical (unpaired) electrons. The fourth-order valence-electron chi connectivity index (χ4n) is 3.28. The van der Waals surface area contributed by atoms with Gasteiger partial charge >= 0.3 is 0 Å². The van der Waals surface area contributed by atoms with Crippen molar-refractivity contribution in [3.8, 4) is 12.1 Å². The zero-order valence-electron chi connectivity index (χ0n) is 14.2. The molecule has 0 spiro atoms. The zero-order valence-corrected chi connectivity index (χ0v) is 14.2. The van der Waals surface area contributed by atoms with Crippen LogP contribution in [0.3, 0.4) is 0 Å². The van der Waals surface area contributed by atoms with Crippen LogP contribution in [-0.2, 0) is 0 Å². The standard InChI is InChI=1S/C21H16FN3O/c1-25-14-21(12-23,13-24)11-18(19(25)15-5-3-2-4-6-15)20(26)16-7-9-17(22)10-8-16/h2-10H,11,14H2,1H3. The second-order valence-corrected chi connectivity index (χ2v) is 6.37. The highest BCUT2D eigenvalue weighted by Crippen LogP contribution is 2.39. The molecule has 0 atom stereocenters. The zero-order chi connectivity index (χ0) is 18.7. The number of nitriles is 2. The van der Waals surface area contributed by atoms with Crippen LogP contribution < -0.4 is 0 Å². The van der Waals surface area contributed by atoms with E-state index in [1.165, 1.54) is 24.3 Å². The minimum absolute atomic E-state index is 0.0325. The quantitative estimate of drug-likeness (QED) is 0.794. The molecule has 1 heterocycles. The number of rotatable bonds is 3. The highest BCUT2D eigenvalue weighted by Gasteiger charge is 2.41. The predicted molar refractivity (Wildman–Crippen MR) is 95.0 cm³/mol. The number of benzene rings is 2. The van der Waals surface area contributed by atoms with Crippen molar-refractivity contribution in [3.63, 3.8) is 0 Å². The van der Waals surface area contributed by atoms with E-state index in [0.717, 1.165) is 5.56 Å². The number of carbonyl (C=O) groups excluding carboxylic acids is 1. The number of ketones is 1. The highest BCUT2D eigenvalue weighted by molar-refractivity contribution is 6.13. The molecule has 0 unspecified atom stereocenters. The summed E-state index contributed by atoms with van der Waals surface area (Å²) in [6, 6.07) is 18.8. The Morgan fingerprint density at radius 2 is 1.69 bits per heavy atom. The van der Waals surface area contributed by atoms with E-state index in [2.05, 4.69) is 12.1 Å². The average molecular weight is 345 g/mol. The minimum Gasteiger partial charge on any atom is -0.371 e. The molecule has 4 nitrogen and oxygen atoms in total. The molecule has 0 aliphatic carbocycles. The Morgan fingerprint density at radius 1 is 1.08 bits per heavy atom. The van der Waals surface area contributed by atoms with Gasteiger partial charge in [-0.25, -0.2) is 4.39 Å². The second kappa shape index (κ2) is 6.82. The molecule has 128 valence electrons. The number of carbonyl (C=O) groups is 1. The molecule has 0 bridgehead atoms. The van der Waals surface area contributed by atoms with E-state index >= 15 is 0 Å². The first kappa shape index (κ1) is 17.4. The van der Waals surface area contributed by atoms with Crippen LogP contribution >= 0.6 is 0 Å². The molecule has 26 heavy (non-hydrogen) atoms. The maximum atomic E-state index is 13.2. The third-order valence-electron chi connectivity index (χ3n) is 4.51. The fraction of sp³-hybridized carbons (Fsp3) is 0.190. The molecule has 0 saturated carbocycles. The third kappa shape index (κ3) is 3.08. The van der Waals surface area contributed by atoms with Crippen molar-refractivity contribution >= 4 is 11.5 Å². The van der Waals surface area contributed by atoms with Gasteiger partial charge in [-0.1, -0.05) is 30.3 Å². The number of nitrogens with zero attached hydrogens (tertiary/aromatic N) is 3. The van der Waals surface area contributed by atoms with Gasteiger partial charge < -0.3 is 4.90 Å². The molecule has 0 fully saturated rings. The van der Waals surface area contributed by atoms with Crippen LogP contribution in [0.4, 0.5) is 4.39 Å². The van der Waals surface area contributed by atoms with Crippen molar-refractivity contribution in [1.29, 1.82) is 10.5 Å². The number of hydrogen-bond acceptors (Lipinski definition) is 4. The Morgan fingerprint density at radius 3 is 2.27 bits per heavy atom. The fourth-order valence-corrected chi connectivity index (χ4v) is 3.28. The van der Waals surface area contributed by atoms with Gasteiger partial charge in [-0.05, 0) is 29.8 Å². The van der Waals surface area contributed by atoms with Crippen molar-refractivity contribution < 1.29 is 9.18 Å². The lowest BCUT2D eigenvalue weighted by molar-refractivity contribution is 0.102. The van der Waals surface area contributed by atoms with E-state index in [-0.39, 0.29) is 18.7 Å². The smallest absolute Gasteiger partial charge is 0.191 e. The van der Waals surface area contributed by atoms with Gasteiger partial charge in [0.25, 0.3) is 0 Å². The molecule has 2 aromatic rings. The molecule has 5 heteroatoms. The number of halogens is 1. The Labute approximate surface area is 151 Å². The highest BCUT2D eigenvalue weighted by atomic mass is 19.1. The van der Waals surface area contributed by atoms with Gasteiger partial charge in [0, 0.05) is 31.1 Å². The van der Waals surface area contributed by atoms with Gasteiger partial charge in [0.2, 0.25) is 0 Å². The van der Waals surface area contributed by atoms with Crippen LogP contribution in [0.1, 0.15) is 22.3 Å². The summed E-state index contributed by atoms with van der Waals surface area (Å²) in [5.41, 5.74) is 0.957. The lowest BCUT2D eigenvalue weighted by Crippen LogP contribution is -2.39. The topological polar surface area (TPSA) is 67.9 Å². The van der Waals surface area contributed by atoms with Crippen LogP contribution in [-0.4, -0.2) is 24.3 Å². The summed E-state index contributed by atoms with van der Waals surface area (Å²) in [7, 11) is 1.77. The van der Waals surface area contributed by atoms with E-state index in [4.69, 9.17) is 0 Å². The summed E-state index contributed by atoms with van der Waals surface area (Å²) in [6.07, 6.45) is 0.0325. The van der Waals surface area contributed by atoms with Crippen molar-refractivity contribution in [3.05, 3.63) is 77.1 Å². The van der Waals surface area contributed by atoms with Crippen molar-refractivity contribution in [2.45, 2.75) is 6.42 Å².